The van der Waals surface area contributed by atoms with E-state index in [1.54, 1.807) is 0 Å². The minimum Gasteiger partial charge on any atom is -0.0622 e. The van der Waals surface area contributed by atoms with Crippen molar-refractivity contribution in [3.63, 3.8) is 0 Å². The third-order valence-corrected chi connectivity index (χ3v) is 5.41. The molecule has 0 heterocycles. The molecule has 114 valence electrons. The molecule has 0 fully saturated rings. The van der Waals surface area contributed by atoms with Gasteiger partial charge in [-0.25, -0.2) is 0 Å². The summed E-state index contributed by atoms with van der Waals surface area (Å²) in [6.45, 7) is 6.98. The predicted octanol–water partition coefficient (Wildman–Crippen LogP) is 6.14. The molecule has 0 heteroatoms. The molecule has 4 rings (SSSR count). The van der Waals surface area contributed by atoms with Crippen LogP contribution in [0.1, 0.15) is 48.9 Å². The maximum Gasteiger partial charge on any atom is 0.0158 e. The summed E-state index contributed by atoms with van der Waals surface area (Å²) in [5.41, 5.74) is 8.55. The smallest absolute Gasteiger partial charge is 0.0158 e. The van der Waals surface area contributed by atoms with Gasteiger partial charge < -0.3 is 0 Å². The summed E-state index contributed by atoms with van der Waals surface area (Å²) < 4.78 is 0. The molecule has 0 amide bonds. The first-order valence-electron chi connectivity index (χ1n) is 8.38. The summed E-state index contributed by atoms with van der Waals surface area (Å²) in [6, 6.07) is 26.6. The van der Waals surface area contributed by atoms with Gasteiger partial charge in [0.15, 0.2) is 0 Å². The van der Waals surface area contributed by atoms with Gasteiger partial charge in [0.05, 0.1) is 0 Å². The van der Waals surface area contributed by atoms with Crippen LogP contribution in [0, 0.1) is 0 Å². The van der Waals surface area contributed by atoms with E-state index in [1.165, 1.54) is 33.4 Å². The molecule has 1 unspecified atom stereocenters. The lowest BCUT2D eigenvalue weighted by Gasteiger charge is -2.23. The van der Waals surface area contributed by atoms with Gasteiger partial charge in [-0.1, -0.05) is 93.6 Å². The molecule has 0 saturated carbocycles. The third-order valence-electron chi connectivity index (χ3n) is 5.41. The summed E-state index contributed by atoms with van der Waals surface area (Å²) in [5, 5.41) is 0. The summed E-state index contributed by atoms with van der Waals surface area (Å²) in [6.07, 6.45) is 0. The van der Waals surface area contributed by atoms with Crippen molar-refractivity contribution in [2.75, 3.05) is 0 Å². The van der Waals surface area contributed by atoms with Crippen molar-refractivity contribution in [1.29, 1.82) is 0 Å². The Balaban J connectivity index is 1.83. The molecule has 1 atom stereocenters. The van der Waals surface area contributed by atoms with Crippen LogP contribution in [0.5, 0.6) is 0 Å². The molecule has 0 aromatic heterocycles. The highest BCUT2D eigenvalue weighted by Gasteiger charge is 2.35. The molecule has 1 aliphatic rings. The Morgan fingerprint density at radius 1 is 0.652 bits per heavy atom. The van der Waals surface area contributed by atoms with Crippen molar-refractivity contribution in [2.45, 2.75) is 32.1 Å². The first kappa shape index (κ1) is 14.3. The molecule has 3 aromatic carbocycles. The van der Waals surface area contributed by atoms with Crippen LogP contribution in [0.25, 0.3) is 11.1 Å². The highest BCUT2D eigenvalue weighted by molar-refractivity contribution is 5.81. The molecule has 23 heavy (non-hydrogen) atoms. The molecule has 3 aromatic rings. The van der Waals surface area contributed by atoms with Crippen molar-refractivity contribution < 1.29 is 0 Å². The Morgan fingerprint density at radius 2 is 1.30 bits per heavy atom. The van der Waals surface area contributed by atoms with Gasteiger partial charge in [0, 0.05) is 11.3 Å². The molecule has 0 aliphatic heterocycles. The molecule has 0 radical (unpaired) electrons. The van der Waals surface area contributed by atoms with Crippen molar-refractivity contribution >= 4 is 0 Å². The lowest BCUT2D eigenvalue weighted by molar-refractivity contribution is 0.658. The van der Waals surface area contributed by atoms with E-state index in [4.69, 9.17) is 0 Å². The number of benzene rings is 3. The SMILES string of the molecule is CC(c1ccccc1)c1ccc2c(c1)C(C)(C)c1ccccc1-2. The molecule has 0 N–H and O–H groups in total. The normalized spacial score (nSPS) is 15.8. The number of hydrogen-bond acceptors (Lipinski definition) is 0. The fraction of sp³-hybridized carbons (Fsp3) is 0.217. The van der Waals surface area contributed by atoms with Crippen molar-refractivity contribution in [3.8, 4) is 11.1 Å². The van der Waals surface area contributed by atoms with Crippen molar-refractivity contribution in [2.24, 2.45) is 0 Å². The molecular weight excluding hydrogens is 276 g/mol. The van der Waals surface area contributed by atoms with E-state index in [2.05, 4.69) is 93.6 Å². The van der Waals surface area contributed by atoms with Gasteiger partial charge >= 0.3 is 0 Å². The Hall–Kier alpha value is -2.34. The Morgan fingerprint density at radius 3 is 2.09 bits per heavy atom. The van der Waals surface area contributed by atoms with Gasteiger partial charge in [0.25, 0.3) is 0 Å². The Labute approximate surface area is 138 Å². The molecule has 0 saturated heterocycles. The van der Waals surface area contributed by atoms with E-state index in [1.807, 2.05) is 0 Å². The van der Waals surface area contributed by atoms with E-state index in [0.29, 0.717) is 5.92 Å². The monoisotopic (exact) mass is 298 g/mol. The number of hydrogen-bond donors (Lipinski definition) is 0. The fourth-order valence-corrected chi connectivity index (χ4v) is 3.93. The quantitative estimate of drug-likeness (QED) is 0.532. The largest absolute Gasteiger partial charge is 0.0622 e. The van der Waals surface area contributed by atoms with Crippen molar-refractivity contribution in [1.82, 2.24) is 0 Å². The highest BCUT2D eigenvalue weighted by atomic mass is 14.4. The van der Waals surface area contributed by atoms with Crippen LogP contribution in [0.15, 0.2) is 72.8 Å². The van der Waals surface area contributed by atoms with E-state index >= 15 is 0 Å². The molecule has 0 spiro atoms. The second-order valence-electron chi connectivity index (χ2n) is 7.11. The van der Waals surface area contributed by atoms with Crippen LogP contribution < -0.4 is 0 Å². The zero-order chi connectivity index (χ0) is 16.0. The first-order chi connectivity index (χ1) is 11.1. The van der Waals surface area contributed by atoms with Crippen LogP contribution in [-0.4, -0.2) is 0 Å². The van der Waals surface area contributed by atoms with Crippen LogP contribution in [-0.2, 0) is 5.41 Å². The van der Waals surface area contributed by atoms with Crippen molar-refractivity contribution in [3.05, 3.63) is 95.1 Å². The zero-order valence-electron chi connectivity index (χ0n) is 14.0. The number of fused-ring (bicyclic) bond motifs is 3. The average Bonchev–Trinajstić information content (AvgIpc) is 2.83. The van der Waals surface area contributed by atoms with Gasteiger partial charge in [-0.05, 0) is 33.4 Å². The fourth-order valence-electron chi connectivity index (χ4n) is 3.93. The Kier molecular flexibility index (Phi) is 3.16. The summed E-state index contributed by atoms with van der Waals surface area (Å²) >= 11 is 0. The first-order valence-corrected chi connectivity index (χ1v) is 8.38. The standard InChI is InChI=1S/C23H22/c1-16(17-9-5-4-6-10-17)18-13-14-20-19-11-7-8-12-21(19)23(2,3)22(20)15-18/h4-16H,1-3H3. The summed E-state index contributed by atoms with van der Waals surface area (Å²) in [7, 11) is 0. The summed E-state index contributed by atoms with van der Waals surface area (Å²) in [4.78, 5) is 0. The van der Waals surface area contributed by atoms with Gasteiger partial charge in [0.2, 0.25) is 0 Å². The third kappa shape index (κ3) is 2.13. The minimum absolute atomic E-state index is 0.0817. The maximum atomic E-state index is 2.42. The number of rotatable bonds is 2. The minimum atomic E-state index is 0.0817. The van der Waals surface area contributed by atoms with Gasteiger partial charge in [-0.15, -0.1) is 0 Å². The van der Waals surface area contributed by atoms with Gasteiger partial charge in [0.1, 0.15) is 0 Å². The van der Waals surface area contributed by atoms with E-state index in [0.717, 1.165) is 0 Å². The lowest BCUT2D eigenvalue weighted by atomic mass is 9.80. The van der Waals surface area contributed by atoms with Crippen LogP contribution in [0.2, 0.25) is 0 Å². The van der Waals surface area contributed by atoms with Gasteiger partial charge in [-0.3, -0.25) is 0 Å². The van der Waals surface area contributed by atoms with E-state index < -0.39 is 0 Å². The van der Waals surface area contributed by atoms with E-state index in [9.17, 15) is 0 Å². The molecule has 0 bridgehead atoms. The lowest BCUT2D eigenvalue weighted by Crippen LogP contribution is -2.15. The van der Waals surface area contributed by atoms with Gasteiger partial charge in [-0.2, -0.15) is 0 Å². The van der Waals surface area contributed by atoms with E-state index in [-0.39, 0.29) is 5.41 Å². The topological polar surface area (TPSA) is 0 Å². The summed E-state index contributed by atoms with van der Waals surface area (Å²) in [5.74, 6) is 0.418. The molecular formula is C23H22. The highest BCUT2D eigenvalue weighted by Crippen LogP contribution is 2.49. The molecule has 0 nitrogen and oxygen atoms in total. The molecule has 1 aliphatic carbocycles. The average molecular weight is 298 g/mol. The van der Waals surface area contributed by atoms with Crippen LogP contribution >= 0.6 is 0 Å². The maximum absolute atomic E-state index is 2.42. The zero-order valence-corrected chi connectivity index (χ0v) is 14.0. The van der Waals surface area contributed by atoms with Crippen LogP contribution in [0.3, 0.4) is 0 Å². The van der Waals surface area contributed by atoms with Crippen LogP contribution in [0.4, 0.5) is 0 Å². The second-order valence-corrected chi connectivity index (χ2v) is 7.11. The Bertz CT molecular complexity index is 856. The predicted molar refractivity (Wildman–Crippen MR) is 98.0 cm³/mol. The second kappa shape index (κ2) is 5.09.